The smallest absolute Gasteiger partial charge is 0.159 e. The number of imidazole rings is 1. The molecule has 1 aliphatic heterocycles. The molecule has 6 rings (SSSR count). The van der Waals surface area contributed by atoms with Crippen molar-refractivity contribution in [2.45, 2.75) is 38.6 Å². The molecule has 2 aromatic carbocycles. The number of hydrogen-bond acceptors (Lipinski definition) is 4. The van der Waals surface area contributed by atoms with E-state index in [1.807, 2.05) is 19.2 Å². The highest BCUT2D eigenvalue weighted by Crippen LogP contribution is 2.35. The minimum absolute atomic E-state index is 0.181. The van der Waals surface area contributed by atoms with E-state index in [0.717, 1.165) is 36.0 Å². The van der Waals surface area contributed by atoms with E-state index in [1.165, 1.54) is 24.8 Å². The van der Waals surface area contributed by atoms with E-state index in [-0.39, 0.29) is 17.1 Å². The second-order valence-corrected chi connectivity index (χ2v) is 9.01. The average molecular weight is 444 g/mol. The summed E-state index contributed by atoms with van der Waals surface area (Å²) >= 11 is 0. The Bertz CT molecular complexity index is 1380. The molecule has 168 valence electrons. The number of aryl methyl sites for hydroxylation is 1. The summed E-state index contributed by atoms with van der Waals surface area (Å²) < 4.78 is 15.5. The number of phenolic OH excluding ortho intramolecular Hbond substituents is 1. The van der Waals surface area contributed by atoms with Crippen LogP contribution >= 0.6 is 0 Å². The van der Waals surface area contributed by atoms with E-state index in [4.69, 9.17) is 0 Å². The molecule has 0 unspecified atom stereocenters. The summed E-state index contributed by atoms with van der Waals surface area (Å²) in [4.78, 5) is 10.5. The van der Waals surface area contributed by atoms with Gasteiger partial charge in [0.05, 0.1) is 11.9 Å². The first-order chi connectivity index (χ1) is 16.1. The summed E-state index contributed by atoms with van der Waals surface area (Å²) in [5, 5.41) is 17.7. The lowest BCUT2D eigenvalue weighted by atomic mass is 9.92. The molecule has 33 heavy (non-hydrogen) atoms. The zero-order valence-electron chi connectivity index (χ0n) is 18.5. The zero-order valence-corrected chi connectivity index (χ0v) is 18.5. The number of H-pyrrole nitrogens is 2. The number of benzene rings is 2. The highest BCUT2D eigenvalue weighted by molar-refractivity contribution is 5.95. The topological polar surface area (TPSA) is 80.8 Å². The van der Waals surface area contributed by atoms with Gasteiger partial charge in [-0.15, -0.1) is 0 Å². The number of fused-ring (bicyclic) bond motifs is 1. The first-order valence-corrected chi connectivity index (χ1v) is 11.6. The third-order valence-electron chi connectivity index (χ3n) is 7.12. The number of nitrogens with one attached hydrogen (secondary N) is 2. The summed E-state index contributed by atoms with van der Waals surface area (Å²) in [6.45, 7) is 3.92. The molecule has 1 fully saturated rings. The van der Waals surface area contributed by atoms with E-state index in [1.54, 1.807) is 24.3 Å². The molecule has 3 heterocycles. The summed E-state index contributed by atoms with van der Waals surface area (Å²) in [7, 11) is 0. The van der Waals surface area contributed by atoms with E-state index in [0.29, 0.717) is 28.9 Å². The summed E-state index contributed by atoms with van der Waals surface area (Å²) in [6.07, 6.45) is 8.75. The second kappa shape index (κ2) is 7.85. The molecule has 0 saturated heterocycles. The Labute approximate surface area is 191 Å². The third-order valence-corrected chi connectivity index (χ3v) is 7.12. The van der Waals surface area contributed by atoms with Gasteiger partial charge in [0, 0.05) is 30.1 Å². The van der Waals surface area contributed by atoms with Crippen LogP contribution in [0.25, 0.3) is 39.1 Å². The van der Waals surface area contributed by atoms with Gasteiger partial charge in [0.25, 0.3) is 0 Å². The minimum atomic E-state index is -0.378. The molecule has 6 nitrogen and oxygen atoms in total. The van der Waals surface area contributed by atoms with E-state index in [9.17, 15) is 5.11 Å². The maximum absolute atomic E-state index is 15.5. The minimum Gasteiger partial charge on any atom is -0.508 e. The number of aromatic nitrogens is 4. The van der Waals surface area contributed by atoms with Crippen LogP contribution in [0.4, 0.5) is 4.39 Å². The molecule has 0 atom stereocenters. The van der Waals surface area contributed by atoms with Crippen molar-refractivity contribution in [3.8, 4) is 28.4 Å². The molecule has 7 heteroatoms. The summed E-state index contributed by atoms with van der Waals surface area (Å²) in [6, 6.07) is 9.41. The van der Waals surface area contributed by atoms with Gasteiger partial charge in [0.2, 0.25) is 0 Å². The van der Waals surface area contributed by atoms with Crippen molar-refractivity contribution in [2.24, 2.45) is 0 Å². The molecule has 2 aliphatic rings. The zero-order chi connectivity index (χ0) is 22.5. The predicted molar refractivity (Wildman–Crippen MR) is 127 cm³/mol. The fourth-order valence-electron chi connectivity index (χ4n) is 4.98. The van der Waals surface area contributed by atoms with Crippen molar-refractivity contribution >= 4 is 16.5 Å². The van der Waals surface area contributed by atoms with Gasteiger partial charge in [0.15, 0.2) is 11.6 Å². The third kappa shape index (κ3) is 3.35. The van der Waals surface area contributed by atoms with Crippen LogP contribution in [0.15, 0.2) is 42.6 Å². The van der Waals surface area contributed by atoms with Gasteiger partial charge in [-0.2, -0.15) is 5.10 Å². The lowest BCUT2D eigenvalue weighted by Gasteiger charge is -2.34. The van der Waals surface area contributed by atoms with Gasteiger partial charge < -0.3 is 10.1 Å². The maximum Gasteiger partial charge on any atom is 0.159 e. The fraction of sp³-hybridized carbons (Fsp3) is 0.308. The van der Waals surface area contributed by atoms with Gasteiger partial charge in [-0.05, 0) is 54.2 Å². The molecule has 1 aliphatic carbocycles. The van der Waals surface area contributed by atoms with Crippen LogP contribution in [0.3, 0.4) is 0 Å². The molecule has 0 radical (unpaired) electrons. The van der Waals surface area contributed by atoms with Crippen molar-refractivity contribution in [1.29, 1.82) is 0 Å². The van der Waals surface area contributed by atoms with Gasteiger partial charge in [0.1, 0.15) is 17.0 Å². The van der Waals surface area contributed by atoms with Gasteiger partial charge in [-0.1, -0.05) is 31.6 Å². The predicted octanol–water partition coefficient (Wildman–Crippen LogP) is 5.28. The Hall–Kier alpha value is -3.45. The number of phenols is 1. The van der Waals surface area contributed by atoms with Gasteiger partial charge in [-0.25, -0.2) is 9.37 Å². The second-order valence-electron chi connectivity index (χ2n) is 9.01. The van der Waals surface area contributed by atoms with Gasteiger partial charge in [-0.3, -0.25) is 10.00 Å². The van der Waals surface area contributed by atoms with Crippen LogP contribution in [0.1, 0.15) is 37.4 Å². The number of rotatable bonds is 5. The Morgan fingerprint density at radius 1 is 1.18 bits per heavy atom. The fourth-order valence-corrected chi connectivity index (χ4v) is 4.98. The number of nitrogens with zero attached hydrogens (tertiary/aromatic N) is 3. The largest absolute Gasteiger partial charge is 0.508 e. The lowest BCUT2D eigenvalue weighted by Crippen LogP contribution is -2.38. The Morgan fingerprint density at radius 2 is 2.03 bits per heavy atom. The molecular formula is C26H26FN5O. The maximum atomic E-state index is 15.5. The van der Waals surface area contributed by atoms with E-state index < -0.39 is 0 Å². The molecule has 4 aromatic rings. The number of halogens is 1. The van der Waals surface area contributed by atoms with Crippen LogP contribution < -0.4 is 0 Å². The molecule has 0 amide bonds. The SMILES string of the molecule is CCc1cc(O)ccc1-c1ccc2c(-c3ncc(C4=CCN(C5CCC5)C4)[nH]3)[nH]nc2c1F. The Kier molecular flexibility index (Phi) is 4.80. The van der Waals surface area contributed by atoms with E-state index in [2.05, 4.69) is 31.1 Å². The average Bonchev–Trinajstić information content (AvgIpc) is 3.52. The Morgan fingerprint density at radius 3 is 2.82 bits per heavy atom. The summed E-state index contributed by atoms with van der Waals surface area (Å²) in [5.74, 6) is 0.458. The van der Waals surface area contributed by atoms with Crippen molar-refractivity contribution in [2.75, 3.05) is 13.1 Å². The van der Waals surface area contributed by atoms with Crippen LogP contribution in [-0.4, -0.2) is 49.3 Å². The van der Waals surface area contributed by atoms with Crippen molar-refractivity contribution < 1.29 is 9.50 Å². The van der Waals surface area contributed by atoms with Crippen molar-refractivity contribution in [3.05, 3.63) is 59.7 Å². The number of aromatic amines is 2. The molecule has 2 aromatic heterocycles. The molecule has 0 spiro atoms. The molecule has 0 bridgehead atoms. The number of hydrogen-bond donors (Lipinski definition) is 3. The monoisotopic (exact) mass is 443 g/mol. The Balaban J connectivity index is 1.32. The summed E-state index contributed by atoms with van der Waals surface area (Å²) in [5.41, 5.74) is 5.36. The normalized spacial score (nSPS) is 17.0. The van der Waals surface area contributed by atoms with Crippen LogP contribution in [0.5, 0.6) is 5.75 Å². The van der Waals surface area contributed by atoms with Gasteiger partial charge >= 0.3 is 0 Å². The van der Waals surface area contributed by atoms with E-state index >= 15 is 4.39 Å². The number of aromatic hydroxyl groups is 1. The molecular weight excluding hydrogens is 417 g/mol. The van der Waals surface area contributed by atoms with Crippen LogP contribution in [-0.2, 0) is 6.42 Å². The van der Waals surface area contributed by atoms with Crippen LogP contribution in [0.2, 0.25) is 0 Å². The highest BCUT2D eigenvalue weighted by atomic mass is 19.1. The highest BCUT2D eigenvalue weighted by Gasteiger charge is 2.28. The van der Waals surface area contributed by atoms with Crippen molar-refractivity contribution in [1.82, 2.24) is 25.1 Å². The molecule has 1 saturated carbocycles. The van der Waals surface area contributed by atoms with Crippen molar-refractivity contribution in [3.63, 3.8) is 0 Å². The van der Waals surface area contributed by atoms with Crippen LogP contribution in [0, 0.1) is 5.82 Å². The first-order valence-electron chi connectivity index (χ1n) is 11.6. The lowest BCUT2D eigenvalue weighted by molar-refractivity contribution is 0.167. The molecule has 3 N–H and O–H groups in total. The standard InChI is InChI=1S/C26H26FN5O/c1-2-15-12-18(33)6-7-19(15)20-8-9-21-24(23(20)27)30-31-25(21)26-28-13-22(29-26)16-10-11-32(14-16)17-4-3-5-17/h6-10,12-13,17,33H,2-5,11,14H2,1H3,(H,28,29)(H,30,31). The first kappa shape index (κ1) is 20.2. The quantitative estimate of drug-likeness (QED) is 0.392.